The van der Waals surface area contributed by atoms with Crippen LogP contribution in [-0.4, -0.2) is 53.6 Å². The standard InChI is InChI=1S/C36H38ClN3O4S/c1-36(2,3)44-35(42)39(4)27-15-17-28(18-16-27)40(34(41)33-32(37)29-8-6-7-9-31(29)45-33)22-26-20-25(14-19-30(26)43-5)24-12-10-23(21-38)11-13-24/h6-14,19-20,27-28H,15-18,22H2,1-5H3. The Morgan fingerprint density at radius 1 is 0.978 bits per heavy atom. The Hall–Kier alpha value is -4.06. The smallest absolute Gasteiger partial charge is 0.410 e. The third-order valence-corrected chi connectivity index (χ3v) is 9.96. The highest BCUT2D eigenvalue weighted by Gasteiger charge is 2.35. The van der Waals surface area contributed by atoms with Crippen LogP contribution in [0.15, 0.2) is 66.7 Å². The molecule has 0 N–H and O–H groups in total. The predicted octanol–water partition coefficient (Wildman–Crippen LogP) is 8.92. The van der Waals surface area contributed by atoms with Crippen LogP contribution >= 0.6 is 22.9 Å². The van der Waals surface area contributed by atoms with E-state index in [0.29, 0.717) is 27.8 Å². The van der Waals surface area contributed by atoms with E-state index < -0.39 is 5.60 Å². The average molecular weight is 644 g/mol. The second-order valence-electron chi connectivity index (χ2n) is 12.4. The summed E-state index contributed by atoms with van der Waals surface area (Å²) in [6.07, 6.45) is 2.60. The van der Waals surface area contributed by atoms with Gasteiger partial charge >= 0.3 is 6.09 Å². The van der Waals surface area contributed by atoms with Crippen LogP contribution in [-0.2, 0) is 11.3 Å². The number of amides is 2. The van der Waals surface area contributed by atoms with Gasteiger partial charge in [0, 0.05) is 41.3 Å². The first-order valence-corrected chi connectivity index (χ1v) is 16.3. The molecule has 1 fully saturated rings. The molecule has 3 aromatic carbocycles. The number of methoxy groups -OCH3 is 1. The lowest BCUT2D eigenvalue weighted by Gasteiger charge is -2.40. The Morgan fingerprint density at radius 3 is 2.24 bits per heavy atom. The van der Waals surface area contributed by atoms with Gasteiger partial charge < -0.3 is 19.3 Å². The summed E-state index contributed by atoms with van der Waals surface area (Å²) in [7, 11) is 3.42. The molecule has 0 spiro atoms. The van der Waals surface area contributed by atoms with E-state index in [1.807, 2.05) is 74.2 Å². The minimum absolute atomic E-state index is 0.0233. The second-order valence-corrected chi connectivity index (χ2v) is 13.9. The minimum atomic E-state index is -0.569. The first kappa shape index (κ1) is 32.3. The van der Waals surface area contributed by atoms with Gasteiger partial charge in [-0.1, -0.05) is 48.0 Å². The second kappa shape index (κ2) is 13.5. The van der Waals surface area contributed by atoms with Crippen LogP contribution in [0, 0.1) is 11.3 Å². The number of hydrogen-bond donors (Lipinski definition) is 0. The molecule has 0 aliphatic heterocycles. The van der Waals surface area contributed by atoms with Crippen molar-refractivity contribution >= 4 is 45.0 Å². The number of ether oxygens (including phenoxy) is 2. The first-order chi connectivity index (χ1) is 21.5. The molecule has 9 heteroatoms. The van der Waals surface area contributed by atoms with Crippen LogP contribution < -0.4 is 4.74 Å². The third-order valence-electron chi connectivity index (χ3n) is 8.29. The SMILES string of the molecule is COc1ccc(-c2ccc(C#N)cc2)cc1CN(C(=O)c1sc2ccccc2c1Cl)C1CCC(N(C)C(=O)OC(C)(C)C)CC1. The van der Waals surface area contributed by atoms with E-state index in [9.17, 15) is 14.9 Å². The highest BCUT2D eigenvalue weighted by molar-refractivity contribution is 7.21. The van der Waals surface area contributed by atoms with E-state index in [0.717, 1.165) is 52.5 Å². The van der Waals surface area contributed by atoms with Crippen molar-refractivity contribution in [3.05, 3.63) is 87.8 Å². The van der Waals surface area contributed by atoms with E-state index in [-0.39, 0.29) is 24.1 Å². The number of nitrogens with zero attached hydrogens (tertiary/aromatic N) is 3. The zero-order valence-electron chi connectivity index (χ0n) is 26.3. The summed E-state index contributed by atoms with van der Waals surface area (Å²) >= 11 is 8.25. The van der Waals surface area contributed by atoms with Crippen molar-refractivity contribution < 1.29 is 19.1 Å². The summed E-state index contributed by atoms with van der Waals surface area (Å²) in [4.78, 5) is 31.4. The predicted molar refractivity (Wildman–Crippen MR) is 180 cm³/mol. The van der Waals surface area contributed by atoms with Gasteiger partial charge in [0.1, 0.15) is 16.2 Å². The molecule has 1 aliphatic carbocycles. The van der Waals surface area contributed by atoms with Gasteiger partial charge in [0.25, 0.3) is 5.91 Å². The van der Waals surface area contributed by atoms with Gasteiger partial charge in [0.05, 0.1) is 23.8 Å². The van der Waals surface area contributed by atoms with Crippen LogP contribution in [0.25, 0.3) is 21.2 Å². The van der Waals surface area contributed by atoms with Crippen molar-refractivity contribution in [2.45, 2.75) is 70.7 Å². The number of nitriles is 1. The molecule has 0 bridgehead atoms. The number of benzene rings is 3. The van der Waals surface area contributed by atoms with Crippen LogP contribution in [0.3, 0.4) is 0 Å². The summed E-state index contributed by atoms with van der Waals surface area (Å²) in [6, 6.07) is 23.3. The van der Waals surface area contributed by atoms with Crippen molar-refractivity contribution in [1.29, 1.82) is 5.26 Å². The molecular formula is C36H38ClN3O4S. The summed E-state index contributed by atoms with van der Waals surface area (Å²) in [5, 5.41) is 10.6. The summed E-state index contributed by atoms with van der Waals surface area (Å²) in [5.74, 6) is 0.571. The number of carbonyl (C=O) groups is 2. The Morgan fingerprint density at radius 2 is 1.62 bits per heavy atom. The number of rotatable bonds is 7. The highest BCUT2D eigenvalue weighted by atomic mass is 35.5. The number of carbonyl (C=O) groups excluding carboxylic acids is 2. The zero-order chi connectivity index (χ0) is 32.3. The lowest BCUT2D eigenvalue weighted by Crippen LogP contribution is -2.47. The number of halogens is 1. The molecule has 1 aromatic heterocycles. The molecule has 7 nitrogen and oxygen atoms in total. The van der Waals surface area contributed by atoms with Gasteiger partial charge in [-0.05, 0) is 87.9 Å². The molecule has 4 aromatic rings. The molecular weight excluding hydrogens is 606 g/mol. The van der Waals surface area contributed by atoms with E-state index in [4.69, 9.17) is 21.1 Å². The van der Waals surface area contributed by atoms with Crippen molar-refractivity contribution in [2.75, 3.05) is 14.2 Å². The Kier molecular flexibility index (Phi) is 9.71. The third kappa shape index (κ3) is 7.27. The van der Waals surface area contributed by atoms with Crippen LogP contribution in [0.2, 0.25) is 5.02 Å². The van der Waals surface area contributed by atoms with Gasteiger partial charge in [0.15, 0.2) is 0 Å². The Bertz CT molecular complexity index is 1730. The zero-order valence-corrected chi connectivity index (χ0v) is 27.9. The number of thiophene rings is 1. The highest BCUT2D eigenvalue weighted by Crippen LogP contribution is 2.39. The molecule has 0 saturated heterocycles. The maximum Gasteiger partial charge on any atom is 0.410 e. The van der Waals surface area contributed by atoms with Crippen molar-refractivity contribution in [2.24, 2.45) is 0 Å². The molecule has 2 amide bonds. The average Bonchev–Trinajstić information content (AvgIpc) is 3.38. The number of hydrogen-bond acceptors (Lipinski definition) is 6. The Balaban J connectivity index is 1.46. The normalized spacial score (nSPS) is 16.6. The molecule has 1 aliphatic rings. The van der Waals surface area contributed by atoms with Gasteiger partial charge in [-0.2, -0.15) is 5.26 Å². The molecule has 0 unspecified atom stereocenters. The molecule has 1 saturated carbocycles. The number of fused-ring (bicyclic) bond motifs is 1. The lowest BCUT2D eigenvalue weighted by atomic mass is 9.89. The Labute approximate surface area is 273 Å². The minimum Gasteiger partial charge on any atom is -0.496 e. The first-order valence-electron chi connectivity index (χ1n) is 15.1. The fourth-order valence-electron chi connectivity index (χ4n) is 5.89. The van der Waals surface area contributed by atoms with Crippen molar-refractivity contribution in [3.63, 3.8) is 0 Å². The maximum absolute atomic E-state index is 14.4. The van der Waals surface area contributed by atoms with Gasteiger partial charge in [-0.15, -0.1) is 11.3 Å². The van der Waals surface area contributed by atoms with Gasteiger partial charge in [-0.25, -0.2) is 4.79 Å². The van der Waals surface area contributed by atoms with Crippen LogP contribution in [0.1, 0.15) is 67.3 Å². The lowest BCUT2D eigenvalue weighted by molar-refractivity contribution is 0.0144. The van der Waals surface area contributed by atoms with E-state index in [1.165, 1.54) is 11.3 Å². The topological polar surface area (TPSA) is 82.9 Å². The van der Waals surface area contributed by atoms with Crippen LogP contribution in [0.4, 0.5) is 4.79 Å². The van der Waals surface area contributed by atoms with Crippen molar-refractivity contribution in [1.82, 2.24) is 9.80 Å². The fourth-order valence-corrected chi connectivity index (χ4v) is 7.36. The molecule has 1 heterocycles. The monoisotopic (exact) mass is 643 g/mol. The summed E-state index contributed by atoms with van der Waals surface area (Å²) in [6.45, 7) is 5.92. The molecule has 0 atom stereocenters. The van der Waals surface area contributed by atoms with E-state index in [1.54, 1.807) is 31.2 Å². The molecule has 234 valence electrons. The van der Waals surface area contributed by atoms with Gasteiger partial charge in [-0.3, -0.25) is 4.79 Å². The summed E-state index contributed by atoms with van der Waals surface area (Å²) in [5.41, 5.74) is 2.83. The molecule has 5 rings (SSSR count). The molecule has 0 radical (unpaired) electrons. The fraction of sp³-hybridized carbons (Fsp3) is 0.361. The van der Waals surface area contributed by atoms with Gasteiger partial charge in [0.2, 0.25) is 0 Å². The summed E-state index contributed by atoms with van der Waals surface area (Å²) < 4.78 is 12.3. The van der Waals surface area contributed by atoms with E-state index in [2.05, 4.69) is 12.1 Å². The largest absolute Gasteiger partial charge is 0.496 e. The van der Waals surface area contributed by atoms with Crippen molar-refractivity contribution in [3.8, 4) is 22.9 Å². The maximum atomic E-state index is 14.4. The van der Waals surface area contributed by atoms with E-state index >= 15 is 0 Å². The quantitative estimate of drug-likeness (QED) is 0.201. The van der Waals surface area contributed by atoms with Crippen LogP contribution in [0.5, 0.6) is 5.75 Å². The molecule has 45 heavy (non-hydrogen) atoms.